The van der Waals surface area contributed by atoms with E-state index in [-0.39, 0.29) is 11.2 Å². The fraction of sp³-hybridized carbons (Fsp3) is 0.500. The second kappa shape index (κ2) is 2.85. The Kier molecular flexibility index (Phi) is 1.81. The van der Waals surface area contributed by atoms with Crippen LogP contribution in [0.25, 0.3) is 0 Å². The van der Waals surface area contributed by atoms with E-state index < -0.39 is 0 Å². The minimum Gasteiger partial charge on any atom is -0.309 e. The molecule has 5 heteroatoms. The third-order valence-electron chi connectivity index (χ3n) is 2.30. The fourth-order valence-electron chi connectivity index (χ4n) is 1.51. The highest BCUT2D eigenvalue weighted by molar-refractivity contribution is 5.04. The summed E-state index contributed by atoms with van der Waals surface area (Å²) in [7, 11) is 1.50. The van der Waals surface area contributed by atoms with Crippen LogP contribution in [0.5, 0.6) is 0 Å². The maximum Gasteiger partial charge on any atom is 0.330 e. The monoisotopic (exact) mass is 181 g/mol. The third kappa shape index (κ3) is 1.21. The normalized spacial score (nSPS) is 15.5. The number of aromatic nitrogens is 2. The van der Waals surface area contributed by atoms with Gasteiger partial charge in [-0.2, -0.15) is 0 Å². The number of nitrogens with one attached hydrogen (secondary N) is 1. The average molecular weight is 181 g/mol. The van der Waals surface area contributed by atoms with Crippen molar-refractivity contribution >= 4 is 0 Å². The fourth-order valence-corrected chi connectivity index (χ4v) is 1.51. The minimum absolute atomic E-state index is 0.219. The molecule has 2 heterocycles. The van der Waals surface area contributed by atoms with Gasteiger partial charge in [0.05, 0.1) is 0 Å². The molecular formula is C8H11N3O2. The average Bonchev–Trinajstić information content (AvgIpc) is 2.15. The molecule has 1 aromatic heterocycles. The number of rotatable bonds is 0. The van der Waals surface area contributed by atoms with Crippen LogP contribution < -0.4 is 16.6 Å². The van der Waals surface area contributed by atoms with E-state index in [2.05, 4.69) is 5.32 Å². The van der Waals surface area contributed by atoms with Crippen molar-refractivity contribution in [3.8, 4) is 0 Å². The summed E-state index contributed by atoms with van der Waals surface area (Å²) in [6, 6.07) is 1.51. The van der Waals surface area contributed by atoms with Gasteiger partial charge in [-0.1, -0.05) is 0 Å². The van der Waals surface area contributed by atoms with Crippen molar-refractivity contribution in [2.24, 2.45) is 7.05 Å². The van der Waals surface area contributed by atoms with Gasteiger partial charge < -0.3 is 5.32 Å². The Hall–Kier alpha value is -1.36. The van der Waals surface area contributed by atoms with Crippen LogP contribution in [0.2, 0.25) is 0 Å². The van der Waals surface area contributed by atoms with Gasteiger partial charge in [0.15, 0.2) is 0 Å². The Labute approximate surface area is 74.6 Å². The van der Waals surface area contributed by atoms with Gasteiger partial charge in [0.2, 0.25) is 0 Å². The van der Waals surface area contributed by atoms with E-state index in [1.165, 1.54) is 13.1 Å². The summed E-state index contributed by atoms with van der Waals surface area (Å²) in [5, 5.41) is 3.11. The van der Waals surface area contributed by atoms with E-state index in [4.69, 9.17) is 0 Å². The number of hydrogen-bond acceptors (Lipinski definition) is 3. The molecule has 0 amide bonds. The molecule has 70 valence electrons. The minimum atomic E-state index is -0.236. The summed E-state index contributed by atoms with van der Waals surface area (Å²) in [6.07, 6.45) is 0. The van der Waals surface area contributed by atoms with Gasteiger partial charge in [-0.25, -0.2) is 4.79 Å². The molecule has 1 aromatic rings. The largest absolute Gasteiger partial charge is 0.330 e. The maximum atomic E-state index is 11.5. The highest BCUT2D eigenvalue weighted by Gasteiger charge is 2.11. The Balaban J connectivity index is 2.75. The molecule has 0 aliphatic carbocycles. The summed E-state index contributed by atoms with van der Waals surface area (Å²) in [4.78, 5) is 22.8. The van der Waals surface area contributed by atoms with Crippen LogP contribution >= 0.6 is 0 Å². The van der Waals surface area contributed by atoms with Crippen LogP contribution in [0.3, 0.4) is 0 Å². The lowest BCUT2D eigenvalue weighted by Gasteiger charge is -2.19. The van der Waals surface area contributed by atoms with Gasteiger partial charge in [-0.05, 0) is 0 Å². The van der Waals surface area contributed by atoms with Crippen LogP contribution in [-0.2, 0) is 20.1 Å². The van der Waals surface area contributed by atoms with Gasteiger partial charge in [0.1, 0.15) is 0 Å². The molecule has 1 aliphatic heterocycles. The Morgan fingerprint density at radius 2 is 2.23 bits per heavy atom. The van der Waals surface area contributed by atoms with Crippen LogP contribution in [0.15, 0.2) is 15.7 Å². The molecule has 0 radical (unpaired) electrons. The summed E-state index contributed by atoms with van der Waals surface area (Å²) >= 11 is 0. The van der Waals surface area contributed by atoms with Crippen molar-refractivity contribution in [3.05, 3.63) is 32.6 Å². The van der Waals surface area contributed by atoms with Gasteiger partial charge in [0.25, 0.3) is 5.56 Å². The summed E-state index contributed by atoms with van der Waals surface area (Å²) < 4.78 is 2.77. The molecule has 0 atom stereocenters. The summed E-state index contributed by atoms with van der Waals surface area (Å²) in [6.45, 7) is 2.03. The molecule has 0 unspecified atom stereocenters. The van der Waals surface area contributed by atoms with Crippen molar-refractivity contribution in [2.75, 3.05) is 6.54 Å². The predicted octanol–water partition coefficient (Wildman–Crippen LogP) is -1.35. The lowest BCUT2D eigenvalue weighted by atomic mass is 10.3. The van der Waals surface area contributed by atoms with Crippen molar-refractivity contribution < 1.29 is 0 Å². The number of nitrogens with zero attached hydrogens (tertiary/aromatic N) is 2. The van der Waals surface area contributed by atoms with Crippen LogP contribution in [0.4, 0.5) is 0 Å². The quantitative estimate of drug-likeness (QED) is 0.538. The lowest BCUT2D eigenvalue weighted by Crippen LogP contribution is -2.44. The van der Waals surface area contributed by atoms with Gasteiger partial charge in [0, 0.05) is 38.4 Å². The number of fused-ring (bicyclic) bond motifs is 1. The van der Waals surface area contributed by atoms with E-state index in [9.17, 15) is 9.59 Å². The SMILES string of the molecule is Cn1c(=O)cc2n(c1=O)CCNC2. The van der Waals surface area contributed by atoms with Gasteiger partial charge in [-0.3, -0.25) is 13.9 Å². The number of hydrogen-bond donors (Lipinski definition) is 1. The van der Waals surface area contributed by atoms with E-state index in [1.807, 2.05) is 0 Å². The zero-order valence-electron chi connectivity index (χ0n) is 7.41. The first-order chi connectivity index (χ1) is 6.20. The molecule has 2 rings (SSSR count). The van der Waals surface area contributed by atoms with Crippen molar-refractivity contribution in [3.63, 3.8) is 0 Å². The van der Waals surface area contributed by atoms with E-state index in [0.29, 0.717) is 13.1 Å². The van der Waals surface area contributed by atoms with Crippen LogP contribution in [0, 0.1) is 0 Å². The van der Waals surface area contributed by atoms with Crippen LogP contribution in [-0.4, -0.2) is 15.7 Å². The molecule has 0 saturated carbocycles. The summed E-state index contributed by atoms with van der Waals surface area (Å²) in [5.74, 6) is 0. The topological polar surface area (TPSA) is 56.0 Å². The second-order valence-electron chi connectivity index (χ2n) is 3.14. The van der Waals surface area contributed by atoms with Crippen molar-refractivity contribution in [1.82, 2.24) is 14.5 Å². The standard InChI is InChI=1S/C8H11N3O2/c1-10-7(12)4-6-5-9-2-3-11(6)8(10)13/h4,9H,2-3,5H2,1H3. The van der Waals surface area contributed by atoms with Crippen molar-refractivity contribution in [2.45, 2.75) is 13.1 Å². The molecule has 0 fully saturated rings. The Morgan fingerprint density at radius 3 is 3.00 bits per heavy atom. The van der Waals surface area contributed by atoms with Crippen molar-refractivity contribution in [1.29, 1.82) is 0 Å². The molecule has 1 aliphatic rings. The molecule has 0 spiro atoms. The molecule has 0 aromatic carbocycles. The summed E-state index contributed by atoms with van der Waals surface area (Å²) in [5.41, 5.74) is 0.323. The first-order valence-corrected chi connectivity index (χ1v) is 4.20. The maximum absolute atomic E-state index is 11.5. The van der Waals surface area contributed by atoms with E-state index in [0.717, 1.165) is 16.8 Å². The zero-order chi connectivity index (χ0) is 9.42. The lowest BCUT2D eigenvalue weighted by molar-refractivity contribution is 0.472. The first-order valence-electron chi connectivity index (χ1n) is 4.20. The molecule has 5 nitrogen and oxygen atoms in total. The van der Waals surface area contributed by atoms with E-state index in [1.54, 1.807) is 4.57 Å². The molecule has 0 saturated heterocycles. The predicted molar refractivity (Wildman–Crippen MR) is 47.6 cm³/mol. The second-order valence-corrected chi connectivity index (χ2v) is 3.14. The third-order valence-corrected chi connectivity index (χ3v) is 2.30. The molecule has 1 N–H and O–H groups in total. The molecule has 0 bridgehead atoms. The smallest absolute Gasteiger partial charge is 0.309 e. The highest BCUT2D eigenvalue weighted by Crippen LogP contribution is 1.96. The van der Waals surface area contributed by atoms with Gasteiger partial charge in [-0.15, -0.1) is 0 Å². The Bertz CT molecular complexity index is 444. The Morgan fingerprint density at radius 1 is 1.46 bits per heavy atom. The molecule has 13 heavy (non-hydrogen) atoms. The first kappa shape index (κ1) is 8.25. The molecular weight excluding hydrogens is 170 g/mol. The van der Waals surface area contributed by atoms with Gasteiger partial charge >= 0.3 is 5.69 Å². The van der Waals surface area contributed by atoms with Crippen LogP contribution in [0.1, 0.15) is 5.69 Å². The zero-order valence-corrected chi connectivity index (χ0v) is 7.41. The highest BCUT2D eigenvalue weighted by atomic mass is 16.2. The van der Waals surface area contributed by atoms with E-state index >= 15 is 0 Å².